The lowest BCUT2D eigenvalue weighted by Gasteiger charge is -2.41. The van der Waals surface area contributed by atoms with Gasteiger partial charge in [0.2, 0.25) is 0 Å². The maximum absolute atomic E-state index is 6.31. The molecule has 7 heteroatoms. The van der Waals surface area contributed by atoms with Crippen LogP contribution in [0.15, 0.2) is 0 Å². The van der Waals surface area contributed by atoms with Crippen molar-refractivity contribution >= 4 is 17.2 Å². The summed E-state index contributed by atoms with van der Waals surface area (Å²) >= 11 is 6.31. The normalized spacial score (nSPS) is 22.3. The minimum Gasteiger partial charge on any atom is -0.363 e. The third-order valence-corrected chi connectivity index (χ3v) is 6.89. The highest BCUT2D eigenvalue weighted by molar-refractivity contribution is 6.34. The van der Waals surface area contributed by atoms with Gasteiger partial charge in [0.05, 0.1) is 18.5 Å². The summed E-state index contributed by atoms with van der Waals surface area (Å²) in [6, 6.07) is 0. The lowest BCUT2D eigenvalue weighted by molar-refractivity contribution is -0.0275. The van der Waals surface area contributed by atoms with Crippen LogP contribution in [0.1, 0.15) is 71.8 Å². The number of ether oxygens (including phenoxy) is 1. The molecular formula is C19H32ClN5O. The van der Waals surface area contributed by atoms with Crippen LogP contribution in [-0.4, -0.2) is 38.2 Å². The summed E-state index contributed by atoms with van der Waals surface area (Å²) in [6.07, 6.45) is 5.39. The minimum atomic E-state index is -0.297. The summed E-state index contributed by atoms with van der Waals surface area (Å²) in [7, 11) is 0. The highest BCUT2D eigenvalue weighted by Gasteiger charge is 2.42. The molecule has 0 radical (unpaired) electrons. The molecule has 0 aromatic carbocycles. The van der Waals surface area contributed by atoms with E-state index < -0.39 is 0 Å². The predicted octanol–water partition coefficient (Wildman–Crippen LogP) is 4.22. The van der Waals surface area contributed by atoms with Crippen LogP contribution in [-0.2, 0) is 10.2 Å². The Morgan fingerprint density at radius 1 is 1.23 bits per heavy atom. The molecular weight excluding hydrogens is 350 g/mol. The van der Waals surface area contributed by atoms with E-state index in [4.69, 9.17) is 16.3 Å². The van der Waals surface area contributed by atoms with E-state index in [9.17, 15) is 0 Å². The van der Waals surface area contributed by atoms with E-state index in [-0.39, 0.29) is 11.0 Å². The van der Waals surface area contributed by atoms with Crippen molar-refractivity contribution in [3.05, 3.63) is 16.5 Å². The number of nitrogens with zero attached hydrogens (tertiary/aromatic N) is 3. The van der Waals surface area contributed by atoms with Gasteiger partial charge < -0.3 is 4.74 Å². The molecule has 0 aliphatic heterocycles. The zero-order chi connectivity index (χ0) is 19.1. The molecule has 2 atom stereocenters. The Labute approximate surface area is 161 Å². The summed E-state index contributed by atoms with van der Waals surface area (Å²) in [5.41, 5.74) is 1.03. The molecule has 1 aliphatic rings. The third-order valence-electron chi connectivity index (χ3n) is 6.43. The molecule has 0 bridgehead atoms. The Morgan fingerprint density at radius 3 is 2.62 bits per heavy atom. The number of aromatic nitrogens is 4. The van der Waals surface area contributed by atoms with Crippen molar-refractivity contribution in [1.82, 2.24) is 25.1 Å². The topological polar surface area (TPSA) is 67.2 Å². The number of hydrogen-bond donors (Lipinski definition) is 2. The van der Waals surface area contributed by atoms with Crippen molar-refractivity contribution < 1.29 is 4.74 Å². The molecule has 2 N–H and O–H groups in total. The van der Waals surface area contributed by atoms with Crippen LogP contribution in [0.5, 0.6) is 0 Å². The zero-order valence-electron chi connectivity index (χ0n) is 16.8. The van der Waals surface area contributed by atoms with Gasteiger partial charge in [0.25, 0.3) is 0 Å². The maximum Gasteiger partial charge on any atom is 0.196 e. The quantitative estimate of drug-likeness (QED) is 0.735. The van der Waals surface area contributed by atoms with Crippen LogP contribution in [0.4, 0.5) is 0 Å². The third kappa shape index (κ3) is 3.39. The lowest BCUT2D eigenvalue weighted by atomic mass is 9.74. The van der Waals surface area contributed by atoms with Crippen molar-refractivity contribution in [3.63, 3.8) is 0 Å². The predicted molar refractivity (Wildman–Crippen MR) is 105 cm³/mol. The van der Waals surface area contributed by atoms with Gasteiger partial charge in [0.15, 0.2) is 11.5 Å². The Hall–Kier alpha value is -1.11. The molecule has 6 nitrogen and oxygen atoms in total. The van der Waals surface area contributed by atoms with E-state index in [1.807, 2.05) is 11.4 Å². The van der Waals surface area contributed by atoms with Gasteiger partial charge in [0, 0.05) is 11.0 Å². The van der Waals surface area contributed by atoms with Gasteiger partial charge in [-0.1, -0.05) is 45.2 Å². The zero-order valence-corrected chi connectivity index (χ0v) is 17.6. The molecule has 1 saturated carbocycles. The fourth-order valence-electron chi connectivity index (χ4n) is 3.68. The second-order valence-corrected chi connectivity index (χ2v) is 9.15. The first-order valence-electron chi connectivity index (χ1n) is 9.61. The first-order chi connectivity index (χ1) is 12.1. The Morgan fingerprint density at radius 2 is 1.92 bits per heavy atom. The largest absolute Gasteiger partial charge is 0.363 e. The fraction of sp³-hybridized carbons (Fsp3) is 0.789. The second-order valence-electron chi connectivity index (χ2n) is 8.77. The number of rotatable bonds is 6. The molecule has 26 heavy (non-hydrogen) atoms. The summed E-state index contributed by atoms with van der Waals surface area (Å²) in [6.45, 7) is 13.5. The van der Waals surface area contributed by atoms with Gasteiger partial charge >= 0.3 is 0 Å². The number of aromatic amines is 1. The molecule has 0 saturated heterocycles. The fourth-order valence-corrected chi connectivity index (χ4v) is 3.85. The van der Waals surface area contributed by atoms with Gasteiger partial charge in [-0.2, -0.15) is 0 Å². The van der Waals surface area contributed by atoms with Gasteiger partial charge in [-0.05, 0) is 39.5 Å². The smallest absolute Gasteiger partial charge is 0.196 e. The first-order valence-corrected chi connectivity index (χ1v) is 9.99. The number of halogens is 1. The number of H-pyrrole nitrogens is 1. The number of fused-ring (bicyclic) bond motifs is 1. The monoisotopic (exact) mass is 381 g/mol. The SMILES string of the molecule is Cc1[nH]n2c(C(C)(C)C(C)(C)NCOC3CCCC[C@H]3C)nnc2c1Cl. The minimum absolute atomic E-state index is 0.251. The second kappa shape index (κ2) is 7.13. The maximum atomic E-state index is 6.31. The molecule has 146 valence electrons. The summed E-state index contributed by atoms with van der Waals surface area (Å²) < 4.78 is 8.07. The molecule has 2 aromatic rings. The van der Waals surface area contributed by atoms with Crippen LogP contribution >= 0.6 is 11.6 Å². The van der Waals surface area contributed by atoms with E-state index >= 15 is 0 Å². The molecule has 3 rings (SSSR count). The van der Waals surface area contributed by atoms with E-state index in [2.05, 4.69) is 55.2 Å². The first kappa shape index (κ1) is 19.6. The van der Waals surface area contributed by atoms with E-state index in [1.165, 1.54) is 19.3 Å². The molecule has 0 spiro atoms. The Kier molecular flexibility index (Phi) is 5.39. The number of aryl methyl sites for hydroxylation is 1. The average molecular weight is 382 g/mol. The van der Waals surface area contributed by atoms with Gasteiger partial charge in [-0.3, -0.25) is 10.4 Å². The summed E-state index contributed by atoms with van der Waals surface area (Å²) in [5, 5.41) is 16.2. The van der Waals surface area contributed by atoms with E-state index in [0.29, 0.717) is 29.4 Å². The van der Waals surface area contributed by atoms with Crippen molar-refractivity contribution in [1.29, 1.82) is 0 Å². The highest BCUT2D eigenvalue weighted by Crippen LogP contribution is 2.35. The molecule has 2 aromatic heterocycles. The Balaban J connectivity index is 1.72. The summed E-state index contributed by atoms with van der Waals surface area (Å²) in [4.78, 5) is 0. The number of hydrogen-bond acceptors (Lipinski definition) is 4. The van der Waals surface area contributed by atoms with E-state index in [0.717, 1.165) is 17.9 Å². The standard InChI is InChI=1S/C19H32ClN5O/c1-12-9-7-8-10-14(12)26-11-21-19(5,6)18(3,4)17-23-22-16-15(20)13(2)24-25(16)17/h12,14,21,24H,7-11H2,1-6H3/t12-,14?/m1/s1. The highest BCUT2D eigenvalue weighted by atomic mass is 35.5. The average Bonchev–Trinajstić information content (AvgIpc) is 3.10. The Bertz CT molecular complexity index is 763. The van der Waals surface area contributed by atoms with Crippen molar-refractivity contribution in [2.75, 3.05) is 6.73 Å². The molecule has 1 fully saturated rings. The van der Waals surface area contributed by atoms with Crippen LogP contribution in [0.25, 0.3) is 5.65 Å². The number of nitrogens with one attached hydrogen (secondary N) is 2. The van der Waals surface area contributed by atoms with Crippen LogP contribution < -0.4 is 5.32 Å². The molecule has 2 heterocycles. The molecule has 0 amide bonds. The molecule has 1 unspecified atom stereocenters. The van der Waals surface area contributed by atoms with Crippen molar-refractivity contribution in [3.8, 4) is 0 Å². The van der Waals surface area contributed by atoms with Crippen LogP contribution in [0, 0.1) is 12.8 Å². The lowest BCUT2D eigenvalue weighted by Crippen LogP contribution is -2.55. The van der Waals surface area contributed by atoms with Gasteiger partial charge in [-0.25, -0.2) is 4.52 Å². The van der Waals surface area contributed by atoms with Crippen LogP contribution in [0.2, 0.25) is 5.02 Å². The van der Waals surface area contributed by atoms with E-state index in [1.54, 1.807) is 0 Å². The van der Waals surface area contributed by atoms with Crippen molar-refractivity contribution in [2.24, 2.45) is 5.92 Å². The van der Waals surface area contributed by atoms with Crippen molar-refractivity contribution in [2.45, 2.75) is 84.3 Å². The molecule has 1 aliphatic carbocycles. The summed E-state index contributed by atoms with van der Waals surface area (Å²) in [5.74, 6) is 1.49. The van der Waals surface area contributed by atoms with Gasteiger partial charge in [-0.15, -0.1) is 10.2 Å². The van der Waals surface area contributed by atoms with Crippen LogP contribution in [0.3, 0.4) is 0 Å². The van der Waals surface area contributed by atoms with Gasteiger partial charge in [0.1, 0.15) is 5.02 Å².